The summed E-state index contributed by atoms with van der Waals surface area (Å²) in [6, 6.07) is 3.06. The predicted octanol–water partition coefficient (Wildman–Crippen LogP) is 2.08. The molecule has 1 aromatic rings. The molecule has 0 atom stereocenters. The van der Waals surface area contributed by atoms with E-state index in [0.717, 1.165) is 6.08 Å². The molecule has 1 aromatic heterocycles. The van der Waals surface area contributed by atoms with Crippen molar-refractivity contribution in [2.24, 2.45) is 5.73 Å². The van der Waals surface area contributed by atoms with Crippen molar-refractivity contribution in [2.75, 3.05) is 6.61 Å². The van der Waals surface area contributed by atoms with Gasteiger partial charge in [-0.25, -0.2) is 0 Å². The van der Waals surface area contributed by atoms with Crippen LogP contribution in [0.1, 0.15) is 36.9 Å². The van der Waals surface area contributed by atoms with E-state index in [9.17, 15) is 17.8 Å². The van der Waals surface area contributed by atoms with Crippen LogP contribution in [0.25, 0.3) is 4.91 Å². The number of carboxylic acids is 1. The van der Waals surface area contributed by atoms with Gasteiger partial charge in [0.15, 0.2) is 0 Å². The van der Waals surface area contributed by atoms with Crippen molar-refractivity contribution in [2.45, 2.75) is 32.6 Å². The van der Waals surface area contributed by atoms with E-state index in [1.165, 1.54) is 18.5 Å². The Bertz CT molecular complexity index is 756. The van der Waals surface area contributed by atoms with E-state index in [1.54, 1.807) is 13.0 Å². The van der Waals surface area contributed by atoms with Crippen molar-refractivity contribution in [3.8, 4) is 0 Å². The molecule has 9 heteroatoms. The number of aromatic nitrogens is 1. The third-order valence-corrected chi connectivity index (χ3v) is 4.11. The number of ether oxygens (including phenoxy) is 1. The van der Waals surface area contributed by atoms with Crippen LogP contribution in [0.5, 0.6) is 0 Å². The van der Waals surface area contributed by atoms with Crippen molar-refractivity contribution >= 4 is 21.0 Å². The van der Waals surface area contributed by atoms with E-state index < -0.39 is 16.1 Å². The molecule has 25 heavy (non-hydrogen) atoms. The van der Waals surface area contributed by atoms with Crippen molar-refractivity contribution in [3.05, 3.63) is 47.6 Å². The molecule has 0 radical (unpaired) electrons. The Labute approximate surface area is 146 Å². The predicted molar refractivity (Wildman–Crippen MR) is 92.8 cm³/mol. The van der Waals surface area contributed by atoms with Crippen LogP contribution in [0.2, 0.25) is 0 Å². The van der Waals surface area contributed by atoms with E-state index >= 15 is 0 Å². The number of rotatable bonds is 10. The van der Waals surface area contributed by atoms with Gasteiger partial charge in [0.25, 0.3) is 10.1 Å². The van der Waals surface area contributed by atoms with Gasteiger partial charge in [-0.2, -0.15) is 8.42 Å². The van der Waals surface area contributed by atoms with Gasteiger partial charge in [0.2, 0.25) is 0 Å². The lowest BCUT2D eigenvalue weighted by Crippen LogP contribution is -2.06. The Hall–Kier alpha value is -2.39. The first kappa shape index (κ1) is 20.7. The second kappa shape index (κ2) is 9.80. The number of carboxylic acid groups (broad SMARTS) is 1. The molecule has 0 fully saturated rings. The summed E-state index contributed by atoms with van der Waals surface area (Å²) in [4.78, 5) is 14.0. The molecule has 4 N–H and O–H groups in total. The maximum absolute atomic E-state index is 11.6. The van der Waals surface area contributed by atoms with Gasteiger partial charge < -0.3 is 15.6 Å². The first-order valence-electron chi connectivity index (χ1n) is 7.62. The highest BCUT2D eigenvalue weighted by Gasteiger charge is 2.18. The summed E-state index contributed by atoms with van der Waals surface area (Å²) in [6.45, 7) is 1.93. The smallest absolute Gasteiger partial charge is 0.303 e. The second-order valence-electron chi connectivity index (χ2n) is 5.31. The molecule has 0 unspecified atom stereocenters. The summed E-state index contributed by atoms with van der Waals surface area (Å²) in [7, 11) is -4.50. The van der Waals surface area contributed by atoms with Crippen molar-refractivity contribution < 1.29 is 27.6 Å². The zero-order chi connectivity index (χ0) is 18.9. The third-order valence-electron chi connectivity index (χ3n) is 3.22. The van der Waals surface area contributed by atoms with Crippen LogP contribution in [-0.4, -0.2) is 35.6 Å². The molecule has 0 aliphatic heterocycles. The van der Waals surface area contributed by atoms with Gasteiger partial charge in [-0.15, -0.1) is 0 Å². The van der Waals surface area contributed by atoms with Crippen LogP contribution in [0, 0.1) is 6.92 Å². The summed E-state index contributed by atoms with van der Waals surface area (Å²) in [5.74, 6) is -0.835. The summed E-state index contributed by atoms with van der Waals surface area (Å²) < 4.78 is 37.9. The molecular formula is C16H22N2O6S. The first-order chi connectivity index (χ1) is 11.7. The fourth-order valence-electron chi connectivity index (χ4n) is 2.01. The van der Waals surface area contributed by atoms with Crippen molar-refractivity contribution in [1.82, 2.24) is 4.98 Å². The molecule has 138 valence electrons. The molecule has 0 aliphatic rings. The number of nitrogens with two attached hydrogens (primary N) is 1. The summed E-state index contributed by atoms with van der Waals surface area (Å²) >= 11 is 0. The van der Waals surface area contributed by atoms with Gasteiger partial charge in [-0.1, -0.05) is 6.07 Å². The second-order valence-corrected chi connectivity index (χ2v) is 6.70. The van der Waals surface area contributed by atoms with Crippen LogP contribution in [-0.2, 0) is 19.6 Å². The standard InChI is InChI=1S/C16H22N2O6S/c1-12-14(6-5-8-18-12)15(25(21,22)23)10-13(17)11-24-9-4-2-3-7-16(19)20/h5-6,8,10-11H,2-4,7,9,17H2,1H3,(H,19,20)(H,21,22,23)/b13-11-,15-10+. The molecule has 0 saturated heterocycles. The minimum absolute atomic E-state index is 0.0152. The summed E-state index contributed by atoms with van der Waals surface area (Å²) in [5.41, 5.74) is 6.42. The lowest BCUT2D eigenvalue weighted by Gasteiger charge is -2.08. The van der Waals surface area contributed by atoms with Crippen LogP contribution >= 0.6 is 0 Å². The van der Waals surface area contributed by atoms with E-state index in [-0.39, 0.29) is 22.6 Å². The number of aliphatic carboxylic acids is 1. The number of carbonyl (C=O) groups is 1. The Morgan fingerprint density at radius 1 is 1.36 bits per heavy atom. The largest absolute Gasteiger partial charge is 0.499 e. The molecule has 0 aromatic carbocycles. The molecule has 0 spiro atoms. The molecule has 0 bridgehead atoms. The van der Waals surface area contributed by atoms with Crippen LogP contribution in [0.4, 0.5) is 0 Å². The van der Waals surface area contributed by atoms with Gasteiger partial charge in [-0.05, 0) is 38.3 Å². The van der Waals surface area contributed by atoms with Gasteiger partial charge in [0, 0.05) is 23.9 Å². The average Bonchev–Trinajstić information content (AvgIpc) is 2.51. The van der Waals surface area contributed by atoms with Crippen molar-refractivity contribution in [3.63, 3.8) is 0 Å². The molecule has 0 amide bonds. The van der Waals surface area contributed by atoms with Crippen molar-refractivity contribution in [1.29, 1.82) is 0 Å². The van der Waals surface area contributed by atoms with Crippen LogP contribution < -0.4 is 5.73 Å². The SMILES string of the molecule is Cc1ncccc1/C(=C\C(N)=C\OCCCCCC(=O)O)S(=O)(=O)O. The quantitative estimate of drug-likeness (QED) is 0.246. The lowest BCUT2D eigenvalue weighted by atomic mass is 10.2. The normalized spacial score (nSPS) is 12.9. The molecule has 1 heterocycles. The van der Waals surface area contributed by atoms with E-state index in [0.29, 0.717) is 31.6 Å². The molecule has 1 rings (SSSR count). The zero-order valence-electron chi connectivity index (χ0n) is 13.9. The minimum Gasteiger partial charge on any atom is -0.499 e. The molecule has 8 nitrogen and oxygen atoms in total. The number of hydrogen-bond donors (Lipinski definition) is 3. The number of allylic oxidation sites excluding steroid dienone is 1. The first-order valence-corrected chi connectivity index (χ1v) is 9.06. The highest BCUT2D eigenvalue weighted by molar-refractivity contribution is 7.95. The van der Waals surface area contributed by atoms with Crippen LogP contribution in [0.15, 0.2) is 36.4 Å². The Morgan fingerprint density at radius 2 is 2.08 bits per heavy atom. The number of pyridine rings is 1. The Kier molecular flexibility index (Phi) is 8.09. The number of aryl methyl sites for hydroxylation is 1. The van der Waals surface area contributed by atoms with Gasteiger partial charge in [-0.3, -0.25) is 14.3 Å². The lowest BCUT2D eigenvalue weighted by molar-refractivity contribution is -0.137. The minimum atomic E-state index is -4.50. The highest BCUT2D eigenvalue weighted by atomic mass is 32.2. The zero-order valence-corrected chi connectivity index (χ0v) is 14.7. The Balaban J connectivity index is 2.72. The van der Waals surface area contributed by atoms with Gasteiger partial charge in [0.1, 0.15) is 11.2 Å². The van der Waals surface area contributed by atoms with E-state index in [4.69, 9.17) is 15.6 Å². The summed E-state index contributed by atoms with van der Waals surface area (Å²) in [5, 5.41) is 8.51. The van der Waals surface area contributed by atoms with Crippen LogP contribution in [0.3, 0.4) is 0 Å². The number of nitrogens with zero attached hydrogens (tertiary/aromatic N) is 1. The van der Waals surface area contributed by atoms with E-state index in [1.807, 2.05) is 0 Å². The van der Waals surface area contributed by atoms with Gasteiger partial charge >= 0.3 is 5.97 Å². The third kappa shape index (κ3) is 7.81. The highest BCUT2D eigenvalue weighted by Crippen LogP contribution is 2.23. The maximum atomic E-state index is 11.6. The van der Waals surface area contributed by atoms with Gasteiger partial charge in [0.05, 0.1) is 12.3 Å². The molecule has 0 saturated carbocycles. The topological polar surface area (TPSA) is 140 Å². The maximum Gasteiger partial charge on any atom is 0.303 e. The fourth-order valence-corrected chi connectivity index (χ4v) is 2.79. The average molecular weight is 370 g/mol. The molecule has 0 aliphatic carbocycles. The number of hydrogen-bond acceptors (Lipinski definition) is 6. The monoisotopic (exact) mass is 370 g/mol. The Morgan fingerprint density at radius 3 is 2.68 bits per heavy atom. The summed E-state index contributed by atoms with van der Waals surface area (Å²) in [6.07, 6.45) is 5.81. The fraction of sp³-hybridized carbons (Fsp3) is 0.375. The number of unbranched alkanes of at least 4 members (excludes halogenated alkanes) is 2. The molecular weight excluding hydrogens is 348 g/mol. The van der Waals surface area contributed by atoms with E-state index in [2.05, 4.69) is 4.98 Å².